The molecule has 1 heterocycles. The number of rotatable bonds is 10. The molecule has 0 radical (unpaired) electrons. The minimum Gasteiger partial charge on any atom is -0.539 e. The molecule has 0 atom stereocenters. The summed E-state index contributed by atoms with van der Waals surface area (Å²) >= 11 is 3.55. The summed E-state index contributed by atoms with van der Waals surface area (Å²) in [4.78, 5) is 16.2. The molecule has 1 aromatic heterocycles. The minimum absolute atomic E-state index is 0.0145. The topological polar surface area (TPSA) is 59.4 Å². The van der Waals surface area contributed by atoms with Gasteiger partial charge in [0.25, 0.3) is 8.32 Å². The van der Waals surface area contributed by atoms with Crippen molar-refractivity contribution in [2.45, 2.75) is 68.9 Å². The Morgan fingerprint density at radius 2 is 1.96 bits per heavy atom. The van der Waals surface area contributed by atoms with E-state index in [2.05, 4.69) is 44.9 Å². The molecule has 0 saturated heterocycles. The summed E-state index contributed by atoms with van der Waals surface area (Å²) in [5.74, 6) is 0.196. The van der Waals surface area contributed by atoms with E-state index in [0.717, 1.165) is 41.3 Å². The number of aromatic nitrogens is 1. The number of carbonyl (C=O) groups is 1. The van der Waals surface area contributed by atoms with Gasteiger partial charge in [0.2, 0.25) is 0 Å². The number of carboxylic acid groups (broad SMARTS) is 1. The molecule has 4 nitrogen and oxygen atoms in total. The van der Waals surface area contributed by atoms with Crippen molar-refractivity contribution in [3.63, 3.8) is 0 Å². The zero-order valence-corrected chi connectivity index (χ0v) is 20.1. The first-order valence-corrected chi connectivity index (χ1v) is 14.4. The van der Waals surface area contributed by atoms with E-state index in [0.29, 0.717) is 0 Å². The molecule has 0 fully saturated rings. The van der Waals surface area contributed by atoms with Crippen LogP contribution in [-0.2, 0) is 9.22 Å². The van der Waals surface area contributed by atoms with Gasteiger partial charge in [-0.1, -0.05) is 51.1 Å². The highest BCUT2D eigenvalue weighted by Gasteiger charge is 2.40. The average molecular weight is 438 g/mol. The van der Waals surface area contributed by atoms with Crippen LogP contribution >= 0.6 is 23.1 Å². The number of carboxylic acids is 1. The Morgan fingerprint density at radius 1 is 1.25 bits per heavy atom. The Hall–Kier alpha value is -1.31. The summed E-state index contributed by atoms with van der Waals surface area (Å²) in [6, 6.07) is 8.22. The number of allylic oxidation sites excluding steroid dienone is 1. The smallest absolute Gasteiger partial charge is 0.369 e. The lowest BCUT2D eigenvalue weighted by Gasteiger charge is -2.36. The van der Waals surface area contributed by atoms with Crippen molar-refractivity contribution in [2.75, 3.05) is 5.75 Å². The van der Waals surface area contributed by atoms with Gasteiger partial charge in [-0.3, -0.25) is 0 Å². The van der Waals surface area contributed by atoms with E-state index < -0.39 is 14.3 Å². The normalized spacial score (nSPS) is 13.1. The Morgan fingerprint density at radius 3 is 2.61 bits per heavy atom. The zero-order valence-electron chi connectivity index (χ0n) is 17.4. The molecule has 0 aliphatic heterocycles. The quantitative estimate of drug-likeness (QED) is 0.143. The van der Waals surface area contributed by atoms with Gasteiger partial charge in [-0.15, -0.1) is 11.3 Å². The summed E-state index contributed by atoms with van der Waals surface area (Å²) in [5.41, 5.74) is 1.07. The molecular weight excluding hydrogens is 406 g/mol. The SMILES string of the molecule is CC(C)(C)[Si](C)(C)OC(=CCCCCCSc1nc2ccccc2s1)C(=O)O. The van der Waals surface area contributed by atoms with Crippen molar-refractivity contribution >= 4 is 47.6 Å². The highest BCUT2D eigenvalue weighted by molar-refractivity contribution is 8.01. The summed E-state index contributed by atoms with van der Waals surface area (Å²) in [5, 5.41) is 9.43. The number of benzene rings is 1. The largest absolute Gasteiger partial charge is 0.539 e. The predicted octanol–water partition coefficient (Wildman–Crippen LogP) is 6.94. The Bertz CT molecular complexity index is 791. The van der Waals surface area contributed by atoms with Gasteiger partial charge in [-0.05, 0) is 55.6 Å². The molecular formula is C21H31NO3S2Si. The second-order valence-corrected chi connectivity index (χ2v) is 15.5. The molecule has 1 N–H and O–H groups in total. The summed E-state index contributed by atoms with van der Waals surface area (Å²) in [6.07, 6.45) is 5.63. The number of hydrogen-bond acceptors (Lipinski definition) is 5. The standard InChI is InChI=1S/C21H31NO3S2Si/c1-21(2,3)28(4,5)25-17(19(23)24)13-8-6-7-11-15-26-20-22-16-12-9-10-14-18(16)27-20/h9-10,12-14H,6-8,11,15H2,1-5H3,(H,23,24). The molecule has 28 heavy (non-hydrogen) atoms. The highest BCUT2D eigenvalue weighted by Crippen LogP contribution is 2.38. The fourth-order valence-corrected chi connectivity index (χ4v) is 5.49. The number of hydrogen-bond donors (Lipinski definition) is 1. The summed E-state index contributed by atoms with van der Waals surface area (Å²) < 4.78 is 8.32. The molecule has 154 valence electrons. The predicted molar refractivity (Wildman–Crippen MR) is 123 cm³/mol. The van der Waals surface area contributed by atoms with Gasteiger partial charge < -0.3 is 9.53 Å². The van der Waals surface area contributed by atoms with E-state index >= 15 is 0 Å². The molecule has 2 aromatic rings. The molecule has 0 amide bonds. The van der Waals surface area contributed by atoms with Crippen molar-refractivity contribution < 1.29 is 14.3 Å². The molecule has 0 aliphatic carbocycles. The fourth-order valence-electron chi connectivity index (χ4n) is 2.33. The van der Waals surface area contributed by atoms with Gasteiger partial charge in [0.15, 0.2) is 10.1 Å². The van der Waals surface area contributed by atoms with Crippen LogP contribution in [0, 0.1) is 0 Å². The van der Waals surface area contributed by atoms with E-state index in [1.54, 1.807) is 29.2 Å². The first kappa shape index (κ1) is 23.0. The van der Waals surface area contributed by atoms with E-state index in [1.807, 2.05) is 18.2 Å². The summed E-state index contributed by atoms with van der Waals surface area (Å²) in [7, 11) is -2.12. The third kappa shape index (κ3) is 6.64. The monoisotopic (exact) mass is 437 g/mol. The number of nitrogens with zero attached hydrogens (tertiary/aromatic N) is 1. The van der Waals surface area contributed by atoms with Gasteiger partial charge in [0.05, 0.1) is 10.2 Å². The van der Waals surface area contributed by atoms with E-state index in [4.69, 9.17) is 4.43 Å². The highest BCUT2D eigenvalue weighted by atomic mass is 32.2. The van der Waals surface area contributed by atoms with Crippen LogP contribution in [0.4, 0.5) is 0 Å². The molecule has 2 rings (SSSR count). The van der Waals surface area contributed by atoms with Crippen LogP contribution in [0.2, 0.25) is 18.1 Å². The molecule has 7 heteroatoms. The van der Waals surface area contributed by atoms with Crippen LogP contribution in [0.3, 0.4) is 0 Å². The Kier molecular flexibility index (Phi) is 8.15. The van der Waals surface area contributed by atoms with Crippen LogP contribution in [0.25, 0.3) is 10.2 Å². The van der Waals surface area contributed by atoms with Crippen molar-refractivity contribution in [3.05, 3.63) is 36.1 Å². The maximum Gasteiger partial charge on any atom is 0.369 e. The van der Waals surface area contributed by atoms with Crippen LogP contribution in [0.5, 0.6) is 0 Å². The van der Waals surface area contributed by atoms with Gasteiger partial charge in [-0.2, -0.15) is 0 Å². The second kappa shape index (κ2) is 9.94. The number of aliphatic carboxylic acids is 1. The molecule has 0 bridgehead atoms. The lowest BCUT2D eigenvalue weighted by atomic mass is 10.2. The third-order valence-electron chi connectivity index (χ3n) is 5.06. The van der Waals surface area contributed by atoms with Gasteiger partial charge in [0.1, 0.15) is 0 Å². The molecule has 0 aliphatic rings. The molecule has 0 spiro atoms. The fraction of sp³-hybridized carbons (Fsp3) is 0.524. The lowest BCUT2D eigenvalue weighted by Crippen LogP contribution is -2.41. The van der Waals surface area contributed by atoms with Crippen LogP contribution in [0.1, 0.15) is 46.5 Å². The maximum absolute atomic E-state index is 11.5. The molecule has 0 unspecified atom stereocenters. The average Bonchev–Trinajstić information content (AvgIpc) is 3.01. The summed E-state index contributed by atoms with van der Waals surface area (Å²) in [6.45, 7) is 10.5. The zero-order chi connectivity index (χ0) is 20.8. The van der Waals surface area contributed by atoms with Crippen LogP contribution < -0.4 is 0 Å². The Balaban J connectivity index is 1.73. The number of fused-ring (bicyclic) bond motifs is 1. The minimum atomic E-state index is -2.12. The van der Waals surface area contributed by atoms with E-state index in [-0.39, 0.29) is 10.8 Å². The maximum atomic E-state index is 11.5. The van der Waals surface area contributed by atoms with Crippen LogP contribution in [0.15, 0.2) is 40.4 Å². The number of para-hydroxylation sites is 1. The number of unbranched alkanes of at least 4 members (excludes halogenated alkanes) is 3. The second-order valence-electron chi connectivity index (χ2n) is 8.38. The van der Waals surface area contributed by atoms with E-state index in [1.165, 1.54) is 4.70 Å². The number of thiazole rings is 1. The van der Waals surface area contributed by atoms with Gasteiger partial charge in [-0.25, -0.2) is 9.78 Å². The van der Waals surface area contributed by atoms with Gasteiger partial charge in [0, 0.05) is 5.75 Å². The first-order valence-electron chi connectivity index (χ1n) is 9.71. The Labute approximate surface area is 177 Å². The van der Waals surface area contributed by atoms with Crippen LogP contribution in [-0.4, -0.2) is 30.1 Å². The third-order valence-corrected chi connectivity index (χ3v) is 11.7. The van der Waals surface area contributed by atoms with E-state index in [9.17, 15) is 9.90 Å². The van der Waals surface area contributed by atoms with Crippen molar-refractivity contribution in [1.29, 1.82) is 0 Å². The first-order chi connectivity index (χ1) is 13.1. The van der Waals surface area contributed by atoms with Crippen molar-refractivity contribution in [2.24, 2.45) is 0 Å². The number of thioether (sulfide) groups is 1. The van der Waals surface area contributed by atoms with Crippen molar-refractivity contribution in [3.8, 4) is 0 Å². The van der Waals surface area contributed by atoms with Gasteiger partial charge >= 0.3 is 5.97 Å². The lowest BCUT2D eigenvalue weighted by molar-refractivity contribution is -0.135. The van der Waals surface area contributed by atoms with Crippen molar-refractivity contribution in [1.82, 2.24) is 4.98 Å². The molecule has 0 saturated carbocycles. The molecule has 1 aromatic carbocycles.